The third kappa shape index (κ3) is 7.49. The molecule has 0 aromatic heterocycles. The number of sulfone groups is 1. The number of carbonyl (C=O) groups is 1. The Hall–Kier alpha value is -3.04. The van der Waals surface area contributed by atoms with E-state index in [9.17, 15) is 18.3 Å². The van der Waals surface area contributed by atoms with Gasteiger partial charge in [0.1, 0.15) is 5.75 Å². The summed E-state index contributed by atoms with van der Waals surface area (Å²) in [6, 6.07) is 23.2. The van der Waals surface area contributed by atoms with Gasteiger partial charge in [0.15, 0.2) is 9.84 Å². The molecular weight excluding hydrogens is 488 g/mol. The first-order valence-corrected chi connectivity index (χ1v) is 14.2. The number of rotatable bonds is 10. The summed E-state index contributed by atoms with van der Waals surface area (Å²) < 4.78 is 31.3. The number of β-amino-alcohol motifs (C(OH)–C–C–N with tert-alkyl or cyclic N) is 1. The number of ether oxygens (including phenoxy) is 1. The standard InChI is InChI=1S/C29H34N2O5S/c1-30-20-23-8-5-9-25(19-23)29(33)36-26-10-12-27(13-11-26)37(34,35)17-16-31-15-14-24(28(32)21-31)18-22-6-3-2-4-7-22/h2-13,19,24,28,30,32H,14-18,20-21H2,1H3/t24?,28-/m1/s1. The number of benzene rings is 3. The van der Waals surface area contributed by atoms with Crippen LogP contribution in [0.4, 0.5) is 0 Å². The molecule has 4 rings (SSSR count). The Labute approximate surface area is 219 Å². The fraction of sp³-hybridized carbons (Fsp3) is 0.345. The largest absolute Gasteiger partial charge is 0.423 e. The normalized spacial score (nSPS) is 18.4. The van der Waals surface area contributed by atoms with E-state index < -0.39 is 21.9 Å². The zero-order chi connectivity index (χ0) is 26.3. The molecule has 0 bridgehead atoms. The van der Waals surface area contributed by atoms with Gasteiger partial charge in [-0.3, -0.25) is 4.90 Å². The van der Waals surface area contributed by atoms with E-state index in [0.29, 0.717) is 25.2 Å². The van der Waals surface area contributed by atoms with Gasteiger partial charge < -0.3 is 15.2 Å². The highest BCUT2D eigenvalue weighted by Gasteiger charge is 2.28. The van der Waals surface area contributed by atoms with Crippen LogP contribution in [0.3, 0.4) is 0 Å². The molecule has 1 heterocycles. The summed E-state index contributed by atoms with van der Waals surface area (Å²) in [6.07, 6.45) is 1.17. The van der Waals surface area contributed by atoms with Crippen LogP contribution >= 0.6 is 0 Å². The lowest BCUT2D eigenvalue weighted by molar-refractivity contribution is 0.0245. The van der Waals surface area contributed by atoms with Crippen molar-refractivity contribution >= 4 is 15.8 Å². The minimum absolute atomic E-state index is 0.0412. The highest BCUT2D eigenvalue weighted by atomic mass is 32.2. The molecule has 2 atom stereocenters. The van der Waals surface area contributed by atoms with Crippen LogP contribution in [0, 0.1) is 5.92 Å². The van der Waals surface area contributed by atoms with Crippen LogP contribution < -0.4 is 10.1 Å². The maximum Gasteiger partial charge on any atom is 0.343 e. The van der Waals surface area contributed by atoms with Gasteiger partial charge in [0.25, 0.3) is 0 Å². The number of carbonyl (C=O) groups excluding carboxylic acids is 1. The van der Waals surface area contributed by atoms with E-state index in [1.165, 1.54) is 29.8 Å². The fourth-order valence-corrected chi connectivity index (χ4v) is 5.95. The molecule has 3 aromatic rings. The number of nitrogens with one attached hydrogen (secondary N) is 1. The van der Waals surface area contributed by atoms with E-state index in [4.69, 9.17) is 4.74 Å². The van der Waals surface area contributed by atoms with Crippen molar-refractivity contribution in [1.82, 2.24) is 10.2 Å². The van der Waals surface area contributed by atoms with E-state index >= 15 is 0 Å². The second kappa shape index (κ2) is 12.5. The molecule has 1 saturated heterocycles. The first-order valence-electron chi connectivity index (χ1n) is 12.6. The SMILES string of the molecule is CNCc1cccc(C(=O)Oc2ccc(S(=O)(=O)CCN3CCC(Cc4ccccc4)[C@H](O)C3)cc2)c1. The smallest absolute Gasteiger partial charge is 0.343 e. The second-order valence-corrected chi connectivity index (χ2v) is 11.6. The van der Waals surface area contributed by atoms with Crippen LogP contribution in [0.1, 0.15) is 27.9 Å². The average molecular weight is 523 g/mol. The van der Waals surface area contributed by atoms with E-state index in [-0.39, 0.29) is 22.3 Å². The third-order valence-electron chi connectivity index (χ3n) is 6.76. The van der Waals surface area contributed by atoms with Gasteiger partial charge in [0, 0.05) is 19.6 Å². The Kier molecular flexibility index (Phi) is 9.10. The Morgan fingerprint density at radius 3 is 2.46 bits per heavy atom. The molecule has 1 fully saturated rings. The van der Waals surface area contributed by atoms with Crippen molar-refractivity contribution in [2.75, 3.05) is 32.4 Å². The molecule has 8 heteroatoms. The Morgan fingerprint density at radius 1 is 1.03 bits per heavy atom. The maximum absolute atomic E-state index is 12.9. The number of aliphatic hydroxyl groups is 1. The number of likely N-dealkylation sites (tertiary alicyclic amines) is 1. The number of hydrogen-bond acceptors (Lipinski definition) is 7. The summed E-state index contributed by atoms with van der Waals surface area (Å²) in [7, 11) is -1.69. The van der Waals surface area contributed by atoms with Gasteiger partial charge in [-0.25, -0.2) is 13.2 Å². The summed E-state index contributed by atoms with van der Waals surface area (Å²) in [6.45, 7) is 2.22. The van der Waals surface area contributed by atoms with Crippen molar-refractivity contribution in [2.45, 2.75) is 30.4 Å². The number of nitrogens with zero attached hydrogens (tertiary/aromatic N) is 1. The number of hydrogen-bond donors (Lipinski definition) is 2. The number of aliphatic hydroxyl groups excluding tert-OH is 1. The van der Waals surface area contributed by atoms with Crippen LogP contribution in [0.5, 0.6) is 5.75 Å². The summed E-state index contributed by atoms with van der Waals surface area (Å²) in [5, 5.41) is 13.7. The van der Waals surface area contributed by atoms with Gasteiger partial charge in [0.05, 0.1) is 22.3 Å². The highest BCUT2D eigenvalue weighted by molar-refractivity contribution is 7.91. The minimum Gasteiger partial charge on any atom is -0.423 e. The summed E-state index contributed by atoms with van der Waals surface area (Å²) in [4.78, 5) is 14.7. The molecule has 37 heavy (non-hydrogen) atoms. The van der Waals surface area contributed by atoms with Crippen molar-refractivity contribution < 1.29 is 23.1 Å². The zero-order valence-corrected chi connectivity index (χ0v) is 21.9. The number of esters is 1. The first-order chi connectivity index (χ1) is 17.8. The van der Waals surface area contributed by atoms with Crippen molar-refractivity contribution in [3.63, 3.8) is 0 Å². The molecule has 196 valence electrons. The quantitative estimate of drug-likeness (QED) is 0.312. The molecule has 0 amide bonds. The minimum atomic E-state index is -3.52. The van der Waals surface area contributed by atoms with Crippen LogP contribution in [0.15, 0.2) is 83.8 Å². The monoisotopic (exact) mass is 522 g/mol. The fourth-order valence-electron chi connectivity index (χ4n) is 4.66. The molecular formula is C29H34N2O5S. The van der Waals surface area contributed by atoms with Gasteiger partial charge >= 0.3 is 5.97 Å². The lowest BCUT2D eigenvalue weighted by Gasteiger charge is -2.36. The molecule has 1 aliphatic rings. The van der Waals surface area contributed by atoms with Gasteiger partial charge in [-0.2, -0.15) is 0 Å². The summed E-state index contributed by atoms with van der Waals surface area (Å²) in [5.74, 6) is -0.0776. The lowest BCUT2D eigenvalue weighted by atomic mass is 9.88. The predicted molar refractivity (Wildman–Crippen MR) is 143 cm³/mol. The second-order valence-electron chi connectivity index (χ2n) is 9.52. The molecule has 0 aliphatic carbocycles. The van der Waals surface area contributed by atoms with Gasteiger partial charge in [-0.05, 0) is 79.9 Å². The van der Waals surface area contributed by atoms with Crippen LogP contribution in [-0.2, 0) is 22.8 Å². The van der Waals surface area contributed by atoms with Crippen LogP contribution in [0.25, 0.3) is 0 Å². The molecule has 1 aliphatic heterocycles. The van der Waals surface area contributed by atoms with Gasteiger partial charge in [-0.15, -0.1) is 0 Å². The zero-order valence-electron chi connectivity index (χ0n) is 21.0. The molecule has 1 unspecified atom stereocenters. The molecule has 0 radical (unpaired) electrons. The topological polar surface area (TPSA) is 95.9 Å². The number of piperidine rings is 1. The summed E-state index contributed by atoms with van der Waals surface area (Å²) in [5.41, 5.74) is 2.60. The maximum atomic E-state index is 12.9. The van der Waals surface area contributed by atoms with Crippen molar-refractivity contribution in [1.29, 1.82) is 0 Å². The van der Waals surface area contributed by atoms with E-state index in [2.05, 4.69) is 17.4 Å². The van der Waals surface area contributed by atoms with E-state index in [1.54, 1.807) is 18.2 Å². The van der Waals surface area contributed by atoms with Crippen molar-refractivity contribution in [3.8, 4) is 5.75 Å². The first kappa shape index (κ1) is 27.0. The third-order valence-corrected chi connectivity index (χ3v) is 8.47. The average Bonchev–Trinajstić information content (AvgIpc) is 2.90. The molecule has 2 N–H and O–H groups in total. The molecule has 3 aromatic carbocycles. The van der Waals surface area contributed by atoms with Gasteiger partial charge in [-0.1, -0.05) is 42.5 Å². The molecule has 0 saturated carbocycles. The Morgan fingerprint density at radius 2 is 1.76 bits per heavy atom. The predicted octanol–water partition coefficient (Wildman–Crippen LogP) is 3.32. The van der Waals surface area contributed by atoms with E-state index in [0.717, 1.165) is 24.9 Å². The van der Waals surface area contributed by atoms with Crippen LogP contribution in [0.2, 0.25) is 0 Å². The molecule has 7 nitrogen and oxygen atoms in total. The van der Waals surface area contributed by atoms with Crippen LogP contribution in [-0.4, -0.2) is 62.9 Å². The van der Waals surface area contributed by atoms with Crippen molar-refractivity contribution in [3.05, 3.63) is 95.6 Å². The highest BCUT2D eigenvalue weighted by Crippen LogP contribution is 2.23. The van der Waals surface area contributed by atoms with Gasteiger partial charge in [0.2, 0.25) is 0 Å². The van der Waals surface area contributed by atoms with Crippen molar-refractivity contribution in [2.24, 2.45) is 5.92 Å². The lowest BCUT2D eigenvalue weighted by Crippen LogP contribution is -2.46. The van der Waals surface area contributed by atoms with E-state index in [1.807, 2.05) is 36.2 Å². The molecule has 0 spiro atoms. The summed E-state index contributed by atoms with van der Waals surface area (Å²) >= 11 is 0. The Bertz CT molecular complexity index is 1280. The Balaban J connectivity index is 1.28.